The predicted molar refractivity (Wildman–Crippen MR) is 90.6 cm³/mol. The van der Waals surface area contributed by atoms with Crippen molar-refractivity contribution in [2.75, 3.05) is 0 Å². The van der Waals surface area contributed by atoms with E-state index in [4.69, 9.17) is 0 Å². The second-order valence-electron chi connectivity index (χ2n) is 7.02. The molecule has 26 heavy (non-hydrogen) atoms. The predicted octanol–water partition coefficient (Wildman–Crippen LogP) is 3.24. The van der Waals surface area contributed by atoms with E-state index >= 15 is 0 Å². The molecule has 0 aromatic carbocycles. The van der Waals surface area contributed by atoms with E-state index in [1.54, 1.807) is 13.8 Å². The molecule has 144 valence electrons. The number of aryl methyl sites for hydroxylation is 2. The lowest BCUT2D eigenvalue weighted by Gasteiger charge is -2.16. The van der Waals surface area contributed by atoms with Crippen LogP contribution in [0.25, 0.3) is 5.78 Å². The maximum Gasteiger partial charge on any atom is 0.453 e. The molecule has 2 rings (SSSR count). The van der Waals surface area contributed by atoms with Crippen molar-refractivity contribution in [2.45, 2.75) is 66.1 Å². The highest BCUT2D eigenvalue weighted by Gasteiger charge is 2.37. The fourth-order valence-corrected chi connectivity index (χ4v) is 2.73. The lowest BCUT2D eigenvalue weighted by atomic mass is 10.0. The Morgan fingerprint density at radius 3 is 2.38 bits per heavy atom. The molecule has 2 aromatic heterocycles. The number of hydrogen-bond acceptors (Lipinski definition) is 4. The summed E-state index contributed by atoms with van der Waals surface area (Å²) in [6.07, 6.45) is -2.73. The highest BCUT2D eigenvalue weighted by molar-refractivity contribution is 5.79. The van der Waals surface area contributed by atoms with E-state index < -0.39 is 12.0 Å². The minimum absolute atomic E-state index is 0.0328. The van der Waals surface area contributed by atoms with Crippen LogP contribution in [-0.2, 0) is 17.4 Å². The van der Waals surface area contributed by atoms with E-state index in [9.17, 15) is 18.0 Å². The first-order valence-corrected chi connectivity index (χ1v) is 8.58. The van der Waals surface area contributed by atoms with Crippen LogP contribution >= 0.6 is 0 Å². The zero-order chi connectivity index (χ0) is 19.6. The maximum absolute atomic E-state index is 12.8. The van der Waals surface area contributed by atoms with Gasteiger partial charge in [0.1, 0.15) is 0 Å². The van der Waals surface area contributed by atoms with E-state index in [1.165, 1.54) is 0 Å². The Balaban J connectivity index is 2.20. The minimum atomic E-state index is -4.64. The molecule has 0 aliphatic carbocycles. The zero-order valence-electron chi connectivity index (χ0n) is 15.6. The first kappa shape index (κ1) is 20.1. The van der Waals surface area contributed by atoms with Gasteiger partial charge in [-0.2, -0.15) is 18.2 Å². The molecule has 0 radical (unpaired) electrons. The fraction of sp³-hybridized carbons (Fsp3) is 0.647. The largest absolute Gasteiger partial charge is 0.453 e. The van der Waals surface area contributed by atoms with Gasteiger partial charge >= 0.3 is 6.18 Å². The molecule has 0 saturated heterocycles. The number of halogens is 3. The molecule has 6 nitrogen and oxygen atoms in total. The number of fused-ring (bicyclic) bond motifs is 1. The molecule has 1 atom stereocenters. The summed E-state index contributed by atoms with van der Waals surface area (Å²) in [6, 6.07) is 0.0328. The number of nitrogens with zero attached hydrogens (tertiary/aromatic N) is 4. The van der Waals surface area contributed by atoms with Gasteiger partial charge in [0.15, 0.2) is 0 Å². The summed E-state index contributed by atoms with van der Waals surface area (Å²) in [4.78, 5) is 19.8. The summed E-state index contributed by atoms with van der Waals surface area (Å²) in [6.45, 7) is 9.44. The van der Waals surface area contributed by atoms with Crippen molar-refractivity contribution in [1.82, 2.24) is 24.9 Å². The number of nitrogens with one attached hydrogen (secondary N) is 1. The Morgan fingerprint density at radius 1 is 1.15 bits per heavy atom. The number of hydrogen-bond donors (Lipinski definition) is 1. The molecule has 0 spiro atoms. The van der Waals surface area contributed by atoms with Gasteiger partial charge in [-0.25, -0.2) is 9.50 Å². The van der Waals surface area contributed by atoms with Gasteiger partial charge in [0.25, 0.3) is 11.6 Å². The van der Waals surface area contributed by atoms with Gasteiger partial charge in [0.05, 0.1) is 6.42 Å². The van der Waals surface area contributed by atoms with Crippen LogP contribution in [0, 0.1) is 19.8 Å². The van der Waals surface area contributed by atoms with Gasteiger partial charge in [-0.05, 0) is 39.5 Å². The minimum Gasteiger partial charge on any atom is -0.353 e. The summed E-state index contributed by atoms with van der Waals surface area (Å²) in [5.41, 5.74) is 1.46. The van der Waals surface area contributed by atoms with Crippen molar-refractivity contribution in [3.63, 3.8) is 0 Å². The molecule has 0 bridgehead atoms. The Hall–Kier alpha value is -2.19. The molecule has 9 heteroatoms. The molecule has 1 unspecified atom stereocenters. The van der Waals surface area contributed by atoms with E-state index in [-0.39, 0.29) is 24.1 Å². The molecule has 0 aliphatic heterocycles. The van der Waals surface area contributed by atoms with Gasteiger partial charge in [-0.15, -0.1) is 5.10 Å². The van der Waals surface area contributed by atoms with Crippen LogP contribution in [-0.4, -0.2) is 31.5 Å². The molecule has 0 fully saturated rings. The highest BCUT2D eigenvalue weighted by Crippen LogP contribution is 2.27. The highest BCUT2D eigenvalue weighted by atomic mass is 19.4. The number of aromatic nitrogens is 4. The van der Waals surface area contributed by atoms with Gasteiger partial charge < -0.3 is 5.32 Å². The van der Waals surface area contributed by atoms with Crippen molar-refractivity contribution >= 4 is 11.7 Å². The normalized spacial score (nSPS) is 13.4. The molecule has 1 amide bonds. The van der Waals surface area contributed by atoms with Crippen molar-refractivity contribution in [3.8, 4) is 0 Å². The van der Waals surface area contributed by atoms with Crippen LogP contribution in [0.3, 0.4) is 0 Å². The summed E-state index contributed by atoms with van der Waals surface area (Å²) in [5, 5.41) is 6.41. The summed E-state index contributed by atoms with van der Waals surface area (Å²) in [5.74, 6) is -0.997. The Kier molecular flexibility index (Phi) is 5.87. The van der Waals surface area contributed by atoms with Crippen LogP contribution in [0.5, 0.6) is 0 Å². The Morgan fingerprint density at radius 2 is 1.81 bits per heavy atom. The first-order valence-electron chi connectivity index (χ1n) is 8.58. The summed E-state index contributed by atoms with van der Waals surface area (Å²) >= 11 is 0. The average Bonchev–Trinajstić information content (AvgIpc) is 2.93. The molecule has 1 N–H and O–H groups in total. The van der Waals surface area contributed by atoms with Gasteiger partial charge in [-0.3, -0.25) is 4.79 Å². The lowest BCUT2D eigenvalue weighted by molar-refractivity contribution is -0.144. The smallest absolute Gasteiger partial charge is 0.353 e. The van der Waals surface area contributed by atoms with Crippen molar-refractivity contribution in [1.29, 1.82) is 0 Å². The molecular formula is C17H24F3N5O. The Labute approximate surface area is 150 Å². The SMILES string of the molecule is Cc1nc2nc(C(F)(F)F)nn2c(C)c1CC(=O)NC(C)CCC(C)C. The third kappa shape index (κ3) is 4.70. The quantitative estimate of drug-likeness (QED) is 0.846. The zero-order valence-corrected chi connectivity index (χ0v) is 15.6. The van der Waals surface area contributed by atoms with Gasteiger partial charge in [-0.1, -0.05) is 13.8 Å². The summed E-state index contributed by atoms with van der Waals surface area (Å²) < 4.78 is 39.5. The van der Waals surface area contributed by atoms with E-state index in [0.717, 1.165) is 17.4 Å². The number of amides is 1. The van der Waals surface area contributed by atoms with E-state index in [1.807, 2.05) is 6.92 Å². The molecular weight excluding hydrogens is 347 g/mol. The number of rotatable bonds is 6. The van der Waals surface area contributed by atoms with Crippen molar-refractivity contribution in [3.05, 3.63) is 22.8 Å². The average molecular weight is 371 g/mol. The lowest BCUT2D eigenvalue weighted by Crippen LogP contribution is -2.34. The maximum atomic E-state index is 12.8. The first-order chi connectivity index (χ1) is 12.0. The topological polar surface area (TPSA) is 72.2 Å². The van der Waals surface area contributed by atoms with Gasteiger partial charge in [0, 0.05) is 23.0 Å². The Bertz CT molecular complexity index is 798. The van der Waals surface area contributed by atoms with Crippen LogP contribution in [0.4, 0.5) is 13.2 Å². The number of alkyl halides is 3. The van der Waals surface area contributed by atoms with E-state index in [0.29, 0.717) is 22.9 Å². The van der Waals surface area contributed by atoms with Crippen molar-refractivity contribution < 1.29 is 18.0 Å². The number of carbonyl (C=O) groups excluding carboxylic acids is 1. The molecule has 2 heterocycles. The third-order valence-electron chi connectivity index (χ3n) is 4.22. The third-order valence-corrected chi connectivity index (χ3v) is 4.22. The molecule has 0 saturated carbocycles. The van der Waals surface area contributed by atoms with Crippen molar-refractivity contribution in [2.24, 2.45) is 5.92 Å². The second-order valence-corrected chi connectivity index (χ2v) is 7.02. The van der Waals surface area contributed by atoms with Crippen LogP contribution in [0.15, 0.2) is 0 Å². The summed E-state index contributed by atoms with van der Waals surface area (Å²) in [7, 11) is 0. The van der Waals surface area contributed by atoms with Gasteiger partial charge in [0.2, 0.25) is 5.91 Å². The van der Waals surface area contributed by atoms with Crippen LogP contribution < -0.4 is 5.32 Å². The number of carbonyl (C=O) groups is 1. The second kappa shape index (κ2) is 7.59. The van der Waals surface area contributed by atoms with E-state index in [2.05, 4.69) is 34.2 Å². The molecule has 0 aliphatic rings. The standard InChI is InChI=1S/C17H24F3N5O/c1-9(2)6-7-10(3)21-14(26)8-13-11(4)22-16-23-15(17(18,19)20)24-25(16)12(13)5/h9-10H,6-8H2,1-5H3,(H,21,26). The molecule has 2 aromatic rings. The van der Waals surface area contributed by atoms with Crippen LogP contribution in [0.1, 0.15) is 56.4 Å². The van der Waals surface area contributed by atoms with Crippen LogP contribution in [0.2, 0.25) is 0 Å². The monoisotopic (exact) mass is 371 g/mol. The fourth-order valence-electron chi connectivity index (χ4n) is 2.73.